The van der Waals surface area contributed by atoms with Gasteiger partial charge in [-0.2, -0.15) is 4.31 Å². The minimum atomic E-state index is -3.39. The van der Waals surface area contributed by atoms with Crippen molar-refractivity contribution in [2.45, 2.75) is 19.8 Å². The van der Waals surface area contributed by atoms with E-state index < -0.39 is 21.9 Å². The molecule has 1 rings (SSSR count). The van der Waals surface area contributed by atoms with Gasteiger partial charge in [-0.25, -0.2) is 8.42 Å². The molecule has 1 aliphatic rings. The Hall–Kier alpha value is -1.15. The van der Waals surface area contributed by atoms with Crippen LogP contribution >= 0.6 is 0 Å². The molecule has 1 amide bonds. The molecule has 0 aliphatic carbocycles. The molecule has 1 atom stereocenters. The Morgan fingerprint density at radius 3 is 2.58 bits per heavy atom. The Kier molecular flexibility index (Phi) is 5.30. The zero-order chi connectivity index (χ0) is 14.6. The van der Waals surface area contributed by atoms with Crippen LogP contribution in [0.3, 0.4) is 0 Å². The van der Waals surface area contributed by atoms with Crippen LogP contribution in [0.2, 0.25) is 0 Å². The molecular weight excluding hydrogens is 272 g/mol. The summed E-state index contributed by atoms with van der Waals surface area (Å²) >= 11 is 0. The van der Waals surface area contributed by atoms with Crippen molar-refractivity contribution >= 4 is 21.9 Å². The van der Waals surface area contributed by atoms with E-state index in [9.17, 15) is 18.0 Å². The van der Waals surface area contributed by atoms with Crippen LogP contribution < -0.4 is 0 Å². The number of carbonyl (C=O) groups excluding carboxylic acids is 1. The molecule has 19 heavy (non-hydrogen) atoms. The van der Waals surface area contributed by atoms with Crippen molar-refractivity contribution in [1.29, 1.82) is 0 Å². The molecule has 0 radical (unpaired) electrons. The SMILES string of the molecule is CCS(=O)(=O)N(C)CC(=O)N1CCCC(C(=O)O)C1. The highest BCUT2D eigenvalue weighted by molar-refractivity contribution is 7.89. The first-order chi connectivity index (χ1) is 8.77. The minimum Gasteiger partial charge on any atom is -0.481 e. The van der Waals surface area contributed by atoms with Crippen LogP contribution in [0.5, 0.6) is 0 Å². The first-order valence-corrected chi connectivity index (χ1v) is 7.83. The summed E-state index contributed by atoms with van der Waals surface area (Å²) in [6.07, 6.45) is 1.19. The van der Waals surface area contributed by atoms with Gasteiger partial charge in [0.2, 0.25) is 15.9 Å². The molecule has 1 saturated heterocycles. The number of aliphatic carboxylic acids is 1. The van der Waals surface area contributed by atoms with E-state index >= 15 is 0 Å². The predicted molar refractivity (Wildman–Crippen MR) is 69.0 cm³/mol. The Bertz CT molecular complexity index is 448. The third kappa shape index (κ3) is 4.17. The smallest absolute Gasteiger partial charge is 0.308 e. The number of piperidine rings is 1. The fourth-order valence-electron chi connectivity index (χ4n) is 2.01. The van der Waals surface area contributed by atoms with Crippen LogP contribution in [0.25, 0.3) is 0 Å². The topological polar surface area (TPSA) is 95.0 Å². The van der Waals surface area contributed by atoms with E-state index in [2.05, 4.69) is 0 Å². The van der Waals surface area contributed by atoms with Crippen LogP contribution in [-0.2, 0) is 19.6 Å². The van der Waals surface area contributed by atoms with Crippen LogP contribution in [0.4, 0.5) is 0 Å². The molecule has 1 heterocycles. The van der Waals surface area contributed by atoms with E-state index in [1.165, 1.54) is 18.9 Å². The van der Waals surface area contributed by atoms with Crippen molar-refractivity contribution in [3.63, 3.8) is 0 Å². The third-order valence-electron chi connectivity index (χ3n) is 3.32. The quantitative estimate of drug-likeness (QED) is 0.743. The summed E-state index contributed by atoms with van der Waals surface area (Å²) in [5, 5.41) is 8.94. The molecule has 0 spiro atoms. The average Bonchev–Trinajstić information content (AvgIpc) is 2.38. The van der Waals surface area contributed by atoms with Gasteiger partial charge in [0, 0.05) is 20.1 Å². The van der Waals surface area contributed by atoms with E-state index in [4.69, 9.17) is 5.11 Å². The molecule has 1 unspecified atom stereocenters. The fourth-order valence-corrected chi connectivity index (χ4v) is 2.76. The Balaban J connectivity index is 2.61. The highest BCUT2D eigenvalue weighted by Crippen LogP contribution is 2.17. The second-order valence-electron chi connectivity index (χ2n) is 4.67. The number of nitrogens with zero attached hydrogens (tertiary/aromatic N) is 2. The molecule has 0 aromatic rings. The zero-order valence-electron chi connectivity index (χ0n) is 11.2. The number of hydrogen-bond donors (Lipinski definition) is 1. The summed E-state index contributed by atoms with van der Waals surface area (Å²) in [6, 6.07) is 0. The summed E-state index contributed by atoms with van der Waals surface area (Å²) in [5.74, 6) is -1.86. The molecule has 0 saturated carbocycles. The largest absolute Gasteiger partial charge is 0.481 e. The highest BCUT2D eigenvalue weighted by atomic mass is 32.2. The van der Waals surface area contributed by atoms with E-state index in [1.807, 2.05) is 0 Å². The highest BCUT2D eigenvalue weighted by Gasteiger charge is 2.29. The summed E-state index contributed by atoms with van der Waals surface area (Å²) in [7, 11) is -2.04. The zero-order valence-corrected chi connectivity index (χ0v) is 12.0. The number of amides is 1. The van der Waals surface area contributed by atoms with Gasteiger partial charge in [-0.1, -0.05) is 0 Å². The Morgan fingerprint density at radius 1 is 1.42 bits per heavy atom. The first kappa shape index (κ1) is 15.9. The van der Waals surface area contributed by atoms with Gasteiger partial charge >= 0.3 is 5.97 Å². The van der Waals surface area contributed by atoms with E-state index in [-0.39, 0.29) is 24.7 Å². The van der Waals surface area contributed by atoms with E-state index in [1.54, 1.807) is 0 Å². The predicted octanol–water partition coefficient (Wildman–Crippen LogP) is -0.409. The van der Waals surface area contributed by atoms with Crippen LogP contribution in [0.1, 0.15) is 19.8 Å². The third-order valence-corrected chi connectivity index (χ3v) is 5.13. The number of carboxylic acids is 1. The van der Waals surface area contributed by atoms with Gasteiger partial charge in [0.25, 0.3) is 0 Å². The van der Waals surface area contributed by atoms with Gasteiger partial charge in [-0.05, 0) is 19.8 Å². The molecule has 7 nitrogen and oxygen atoms in total. The second kappa shape index (κ2) is 6.33. The summed E-state index contributed by atoms with van der Waals surface area (Å²) in [4.78, 5) is 24.3. The van der Waals surface area contributed by atoms with E-state index in [0.29, 0.717) is 19.4 Å². The van der Waals surface area contributed by atoms with Crippen LogP contribution in [0, 0.1) is 5.92 Å². The number of hydrogen-bond acceptors (Lipinski definition) is 4. The van der Waals surface area contributed by atoms with Crippen LogP contribution in [-0.4, -0.2) is 67.0 Å². The number of likely N-dealkylation sites (tertiary alicyclic amines) is 1. The van der Waals surface area contributed by atoms with Crippen molar-refractivity contribution in [1.82, 2.24) is 9.21 Å². The maximum absolute atomic E-state index is 12.0. The van der Waals surface area contributed by atoms with Gasteiger partial charge in [0.15, 0.2) is 0 Å². The number of sulfonamides is 1. The lowest BCUT2D eigenvalue weighted by molar-refractivity contribution is -0.145. The molecule has 0 bridgehead atoms. The summed E-state index contributed by atoms with van der Waals surface area (Å²) in [5.41, 5.74) is 0. The van der Waals surface area contributed by atoms with Crippen molar-refractivity contribution < 1.29 is 23.1 Å². The lowest BCUT2D eigenvalue weighted by atomic mass is 9.98. The number of carboxylic acid groups (broad SMARTS) is 1. The summed E-state index contributed by atoms with van der Waals surface area (Å²) in [6.45, 7) is 1.93. The van der Waals surface area contributed by atoms with Crippen molar-refractivity contribution in [3.8, 4) is 0 Å². The minimum absolute atomic E-state index is 0.0610. The van der Waals surface area contributed by atoms with Crippen LogP contribution in [0.15, 0.2) is 0 Å². The molecular formula is C11H20N2O5S. The van der Waals surface area contributed by atoms with Gasteiger partial charge in [-0.3, -0.25) is 9.59 Å². The molecule has 0 aromatic carbocycles. The molecule has 1 fully saturated rings. The average molecular weight is 292 g/mol. The monoisotopic (exact) mass is 292 g/mol. The number of rotatable bonds is 5. The molecule has 110 valence electrons. The molecule has 1 aliphatic heterocycles. The van der Waals surface area contributed by atoms with Gasteiger partial charge in [0.1, 0.15) is 0 Å². The second-order valence-corrected chi connectivity index (χ2v) is 7.04. The Labute approximate surface area is 113 Å². The van der Waals surface area contributed by atoms with Gasteiger partial charge in [-0.15, -0.1) is 0 Å². The molecule has 1 N–H and O–H groups in total. The number of carbonyl (C=O) groups is 2. The van der Waals surface area contributed by atoms with E-state index in [0.717, 1.165) is 4.31 Å². The lowest BCUT2D eigenvalue weighted by Crippen LogP contribution is -2.47. The van der Waals surface area contributed by atoms with Gasteiger partial charge in [0.05, 0.1) is 18.2 Å². The van der Waals surface area contributed by atoms with Gasteiger partial charge < -0.3 is 10.0 Å². The van der Waals surface area contributed by atoms with Crippen molar-refractivity contribution in [3.05, 3.63) is 0 Å². The normalized spacial score (nSPS) is 20.6. The maximum atomic E-state index is 12.0. The standard InChI is InChI=1S/C11H20N2O5S/c1-3-19(17,18)12(2)8-10(14)13-6-4-5-9(7-13)11(15)16/h9H,3-8H2,1-2H3,(H,15,16). The first-order valence-electron chi connectivity index (χ1n) is 6.22. The maximum Gasteiger partial charge on any atom is 0.308 e. The Morgan fingerprint density at radius 2 is 2.05 bits per heavy atom. The lowest BCUT2D eigenvalue weighted by Gasteiger charge is -2.31. The fraction of sp³-hybridized carbons (Fsp3) is 0.818. The van der Waals surface area contributed by atoms with Crippen molar-refractivity contribution in [2.75, 3.05) is 32.4 Å². The molecule has 8 heteroatoms. The summed E-state index contributed by atoms with van der Waals surface area (Å²) < 4.78 is 24.1. The molecule has 0 aromatic heterocycles. The number of likely N-dealkylation sites (N-methyl/N-ethyl adjacent to an activating group) is 1. The van der Waals surface area contributed by atoms with Crippen molar-refractivity contribution in [2.24, 2.45) is 5.92 Å².